The second-order valence-corrected chi connectivity index (χ2v) is 15.2. The maximum absolute atomic E-state index is 2.40. The Morgan fingerprint density at radius 1 is 0.278 bits per heavy atom. The molecule has 0 fully saturated rings. The van der Waals surface area contributed by atoms with Gasteiger partial charge in [0.15, 0.2) is 0 Å². The molecule has 1 nitrogen and oxygen atoms in total. The Kier molecular flexibility index (Phi) is 7.11. The molecule has 1 aromatic heterocycles. The molecule has 0 unspecified atom stereocenters. The average Bonchev–Trinajstić information content (AvgIpc) is 3.63. The van der Waals surface area contributed by atoms with Crippen molar-refractivity contribution in [2.45, 2.75) is 0 Å². The minimum atomic E-state index is 1.12. The summed E-state index contributed by atoms with van der Waals surface area (Å²) < 4.78 is 2.63. The molecule has 10 aromatic carbocycles. The number of hydrogen-bond donors (Lipinski definition) is 0. The van der Waals surface area contributed by atoms with E-state index < -0.39 is 0 Å². The maximum atomic E-state index is 2.40. The summed E-state index contributed by atoms with van der Waals surface area (Å²) >= 11 is 1.89. The number of nitrogens with zero attached hydrogens (tertiary/aromatic N) is 1. The van der Waals surface area contributed by atoms with Crippen LogP contribution in [0.15, 0.2) is 200 Å². The highest BCUT2D eigenvalue weighted by Crippen LogP contribution is 2.44. The van der Waals surface area contributed by atoms with Gasteiger partial charge in [-0.05, 0) is 108 Å². The van der Waals surface area contributed by atoms with E-state index in [0.29, 0.717) is 0 Å². The van der Waals surface area contributed by atoms with Crippen molar-refractivity contribution in [2.75, 3.05) is 4.90 Å². The third-order valence-electron chi connectivity index (χ3n) is 11.0. The summed E-state index contributed by atoms with van der Waals surface area (Å²) in [5.41, 5.74) is 8.20. The Bertz CT molecular complexity index is 3210. The van der Waals surface area contributed by atoms with Gasteiger partial charge in [0.1, 0.15) is 0 Å². The van der Waals surface area contributed by atoms with Gasteiger partial charge >= 0.3 is 0 Å². The van der Waals surface area contributed by atoms with Crippen molar-refractivity contribution >= 4 is 91.7 Å². The second kappa shape index (κ2) is 12.4. The summed E-state index contributed by atoms with van der Waals surface area (Å²) in [5, 5.41) is 12.9. The molecule has 0 atom stereocenters. The summed E-state index contributed by atoms with van der Waals surface area (Å²) in [6, 6.07) is 73.4. The van der Waals surface area contributed by atoms with E-state index in [2.05, 4.69) is 205 Å². The summed E-state index contributed by atoms with van der Waals surface area (Å²) in [4.78, 5) is 2.40. The fraction of sp³-hybridized carbons (Fsp3) is 0. The minimum Gasteiger partial charge on any atom is -0.310 e. The topological polar surface area (TPSA) is 3.24 Å². The molecule has 11 rings (SSSR count). The molecule has 0 aliphatic heterocycles. The van der Waals surface area contributed by atoms with E-state index in [1.54, 1.807) is 0 Å². The van der Waals surface area contributed by atoms with Crippen LogP contribution in [-0.2, 0) is 0 Å². The molecule has 2 heteroatoms. The van der Waals surface area contributed by atoms with Crippen LogP contribution in [0.5, 0.6) is 0 Å². The summed E-state index contributed by atoms with van der Waals surface area (Å²) in [6.45, 7) is 0. The normalized spacial score (nSPS) is 11.7. The molecule has 0 bridgehead atoms. The van der Waals surface area contributed by atoms with Crippen LogP contribution in [0, 0.1) is 0 Å². The molecule has 0 saturated heterocycles. The van der Waals surface area contributed by atoms with Crippen molar-refractivity contribution in [1.82, 2.24) is 0 Å². The predicted molar refractivity (Wildman–Crippen MR) is 235 cm³/mol. The Balaban J connectivity index is 1.02. The van der Waals surface area contributed by atoms with E-state index in [1.807, 2.05) is 11.3 Å². The summed E-state index contributed by atoms with van der Waals surface area (Å²) in [5.74, 6) is 0. The molecule has 0 saturated carbocycles. The third kappa shape index (κ3) is 5.07. The highest BCUT2D eigenvalue weighted by atomic mass is 32.1. The zero-order chi connectivity index (χ0) is 35.6. The zero-order valence-corrected chi connectivity index (χ0v) is 30.2. The van der Waals surface area contributed by atoms with Crippen molar-refractivity contribution in [2.24, 2.45) is 0 Å². The van der Waals surface area contributed by atoms with Gasteiger partial charge in [-0.25, -0.2) is 0 Å². The number of fused-ring (bicyclic) bond motifs is 10. The second-order valence-electron chi connectivity index (χ2n) is 14.1. The first-order chi connectivity index (χ1) is 26.7. The zero-order valence-electron chi connectivity index (χ0n) is 29.4. The van der Waals surface area contributed by atoms with Gasteiger partial charge < -0.3 is 4.90 Å². The highest BCUT2D eigenvalue weighted by molar-refractivity contribution is 7.26. The van der Waals surface area contributed by atoms with Crippen LogP contribution < -0.4 is 4.90 Å². The highest BCUT2D eigenvalue weighted by Gasteiger charge is 2.17. The Morgan fingerprint density at radius 2 is 0.815 bits per heavy atom. The molecule has 252 valence electrons. The first-order valence-corrected chi connectivity index (χ1v) is 19.3. The van der Waals surface area contributed by atoms with Gasteiger partial charge in [-0.15, -0.1) is 11.3 Å². The molecular formula is C52H33NS. The van der Waals surface area contributed by atoms with Crippen LogP contribution in [0.25, 0.3) is 85.5 Å². The van der Waals surface area contributed by atoms with Gasteiger partial charge in [-0.1, -0.05) is 158 Å². The molecule has 0 spiro atoms. The van der Waals surface area contributed by atoms with Gasteiger partial charge in [0.2, 0.25) is 0 Å². The van der Waals surface area contributed by atoms with Crippen molar-refractivity contribution < 1.29 is 0 Å². The number of hydrogen-bond acceptors (Lipinski definition) is 2. The van der Waals surface area contributed by atoms with Crippen molar-refractivity contribution in [3.05, 3.63) is 200 Å². The largest absolute Gasteiger partial charge is 0.310 e. The smallest absolute Gasteiger partial charge is 0.0476 e. The molecule has 0 radical (unpaired) electrons. The summed E-state index contributed by atoms with van der Waals surface area (Å²) in [7, 11) is 0. The van der Waals surface area contributed by atoms with Crippen LogP contribution in [0.1, 0.15) is 0 Å². The monoisotopic (exact) mass is 703 g/mol. The molecule has 0 aliphatic rings. The van der Waals surface area contributed by atoms with E-state index in [-0.39, 0.29) is 0 Å². The van der Waals surface area contributed by atoms with Crippen molar-refractivity contribution in [3.8, 4) is 22.3 Å². The van der Waals surface area contributed by atoms with Crippen LogP contribution in [0.4, 0.5) is 17.1 Å². The lowest BCUT2D eigenvalue weighted by atomic mass is 9.95. The van der Waals surface area contributed by atoms with Gasteiger partial charge in [0.25, 0.3) is 0 Å². The lowest BCUT2D eigenvalue weighted by Crippen LogP contribution is -2.09. The minimum absolute atomic E-state index is 1.12. The van der Waals surface area contributed by atoms with Crippen molar-refractivity contribution in [3.63, 3.8) is 0 Å². The van der Waals surface area contributed by atoms with E-state index in [1.165, 1.54) is 85.5 Å². The molecule has 1 heterocycles. The average molecular weight is 704 g/mol. The first-order valence-electron chi connectivity index (χ1n) is 18.5. The molecule has 0 N–H and O–H groups in total. The van der Waals surface area contributed by atoms with E-state index >= 15 is 0 Å². The van der Waals surface area contributed by atoms with E-state index in [4.69, 9.17) is 0 Å². The van der Waals surface area contributed by atoms with E-state index in [0.717, 1.165) is 17.1 Å². The van der Waals surface area contributed by atoms with Gasteiger partial charge in [0.05, 0.1) is 0 Å². The molecule has 0 amide bonds. The van der Waals surface area contributed by atoms with Crippen LogP contribution in [0.2, 0.25) is 0 Å². The summed E-state index contributed by atoms with van der Waals surface area (Å²) in [6.07, 6.45) is 0. The third-order valence-corrected chi connectivity index (χ3v) is 12.2. The molecular weight excluding hydrogens is 671 g/mol. The Morgan fingerprint density at radius 3 is 1.63 bits per heavy atom. The van der Waals surface area contributed by atoms with E-state index in [9.17, 15) is 0 Å². The molecule has 0 aliphatic carbocycles. The maximum Gasteiger partial charge on any atom is 0.0476 e. The molecule has 11 aromatic rings. The van der Waals surface area contributed by atoms with Crippen LogP contribution in [0.3, 0.4) is 0 Å². The fourth-order valence-electron chi connectivity index (χ4n) is 8.35. The van der Waals surface area contributed by atoms with Gasteiger partial charge in [-0.2, -0.15) is 0 Å². The quantitative estimate of drug-likeness (QED) is 0.161. The Hall–Kier alpha value is -6.74. The lowest BCUT2D eigenvalue weighted by molar-refractivity contribution is 1.29. The fourth-order valence-corrected chi connectivity index (χ4v) is 9.62. The number of rotatable bonds is 5. The first kappa shape index (κ1) is 30.8. The van der Waals surface area contributed by atoms with Gasteiger partial charge in [0, 0.05) is 37.2 Å². The van der Waals surface area contributed by atoms with Crippen LogP contribution in [-0.4, -0.2) is 0 Å². The van der Waals surface area contributed by atoms with Crippen LogP contribution >= 0.6 is 11.3 Å². The Labute approximate surface area is 317 Å². The molecule has 54 heavy (non-hydrogen) atoms. The SMILES string of the molecule is c1ccc(-c2cccc(N(c3ccc(-c4ccc5c(ccc6c7ccccc7ccc56)c4)cc3)c3ccc4c(c3)sc3c5ccccc5ccc43)c2)cc1. The number of thiophene rings is 1. The predicted octanol–water partition coefficient (Wildman–Crippen LogP) is 15.5. The standard InChI is InChI=1S/C52H33NS/c1-2-9-34(10-3-1)38-13-8-14-42(32-38)53(43-25-30-49-50-29-20-37-12-5-7-16-46(37)52(50)54-51(49)33-43)41-23-17-35(18-24-41)39-21-26-45-40(31-39)22-28-47-44-15-6-4-11-36(44)19-27-48(45)47/h1-33H. The van der Waals surface area contributed by atoms with Crippen molar-refractivity contribution in [1.29, 1.82) is 0 Å². The van der Waals surface area contributed by atoms with Gasteiger partial charge in [-0.3, -0.25) is 0 Å². The number of anilines is 3. The number of benzene rings is 10. The lowest BCUT2D eigenvalue weighted by Gasteiger charge is -2.26.